The number of aryl methyl sites for hydroxylation is 3. The first-order valence-corrected chi connectivity index (χ1v) is 11.0. The Hall–Kier alpha value is -2.70. The first kappa shape index (κ1) is 21.5. The molecule has 31 heavy (non-hydrogen) atoms. The number of rotatable bonds is 7. The molecule has 0 radical (unpaired) electrons. The Bertz CT molecular complexity index is 1040. The Balaban J connectivity index is 1.57. The number of nitrogens with zero attached hydrogens (tertiary/aromatic N) is 3. The van der Waals surface area contributed by atoms with Crippen LogP contribution >= 0.6 is 0 Å². The molecule has 1 aliphatic heterocycles. The van der Waals surface area contributed by atoms with E-state index in [1.165, 1.54) is 0 Å². The van der Waals surface area contributed by atoms with Crippen molar-refractivity contribution in [2.24, 2.45) is 0 Å². The maximum Gasteiger partial charge on any atom is 0.290 e. The Morgan fingerprint density at radius 2 is 1.77 bits per heavy atom. The predicted molar refractivity (Wildman–Crippen MR) is 121 cm³/mol. The van der Waals surface area contributed by atoms with Gasteiger partial charge in [-0.2, -0.15) is 0 Å². The lowest BCUT2D eigenvalue weighted by Gasteiger charge is -2.28. The summed E-state index contributed by atoms with van der Waals surface area (Å²) >= 11 is 0. The molecule has 0 N–H and O–H groups in total. The summed E-state index contributed by atoms with van der Waals surface area (Å²) in [6, 6.07) is 8.06. The van der Waals surface area contributed by atoms with Crippen molar-refractivity contribution in [3.63, 3.8) is 0 Å². The molecule has 1 aliphatic rings. The number of fused-ring (bicyclic) bond motifs is 1. The number of furan rings is 1. The summed E-state index contributed by atoms with van der Waals surface area (Å²) in [5.74, 6) is 0.402. The van der Waals surface area contributed by atoms with E-state index in [9.17, 15) is 4.79 Å². The molecule has 1 saturated heterocycles. The van der Waals surface area contributed by atoms with Gasteiger partial charge in [-0.05, 0) is 56.0 Å². The summed E-state index contributed by atoms with van der Waals surface area (Å²) in [6.45, 7) is 11.7. The third-order valence-corrected chi connectivity index (χ3v) is 6.09. The van der Waals surface area contributed by atoms with E-state index in [1.54, 1.807) is 12.4 Å². The van der Waals surface area contributed by atoms with Crippen LogP contribution < -0.4 is 0 Å². The Kier molecular flexibility index (Phi) is 6.68. The van der Waals surface area contributed by atoms with Gasteiger partial charge in [-0.3, -0.25) is 14.7 Å². The summed E-state index contributed by atoms with van der Waals surface area (Å²) in [5.41, 5.74) is 4.99. The minimum absolute atomic E-state index is 0.0497. The summed E-state index contributed by atoms with van der Waals surface area (Å²) < 4.78 is 11.6. The lowest BCUT2D eigenvalue weighted by Crippen LogP contribution is -2.39. The monoisotopic (exact) mass is 421 g/mol. The van der Waals surface area contributed by atoms with Crippen molar-refractivity contribution in [2.75, 3.05) is 39.4 Å². The normalized spacial score (nSPS) is 14.8. The molecule has 0 spiro atoms. The summed E-state index contributed by atoms with van der Waals surface area (Å²) in [7, 11) is 0. The second kappa shape index (κ2) is 9.62. The first-order chi connectivity index (χ1) is 15.0. The molecule has 0 unspecified atom stereocenters. The smallest absolute Gasteiger partial charge is 0.290 e. The number of aromatic nitrogens is 1. The second-order valence-electron chi connectivity index (χ2n) is 8.35. The van der Waals surface area contributed by atoms with Crippen LogP contribution in [0.25, 0.3) is 11.0 Å². The number of hydrogen-bond acceptors (Lipinski definition) is 5. The van der Waals surface area contributed by atoms with E-state index < -0.39 is 0 Å². The van der Waals surface area contributed by atoms with Crippen molar-refractivity contribution in [3.05, 3.63) is 64.7 Å². The van der Waals surface area contributed by atoms with Crippen LogP contribution in [0.3, 0.4) is 0 Å². The van der Waals surface area contributed by atoms with E-state index in [0.29, 0.717) is 18.8 Å². The quantitative estimate of drug-likeness (QED) is 0.574. The second-order valence-corrected chi connectivity index (χ2v) is 8.35. The largest absolute Gasteiger partial charge is 0.450 e. The van der Waals surface area contributed by atoms with Crippen LogP contribution in [0.15, 0.2) is 41.1 Å². The number of benzene rings is 1. The van der Waals surface area contributed by atoms with Crippen molar-refractivity contribution in [1.82, 2.24) is 14.8 Å². The molecule has 1 amide bonds. The van der Waals surface area contributed by atoms with Crippen LogP contribution in [0.5, 0.6) is 0 Å². The molecule has 6 heteroatoms. The molecule has 4 rings (SSSR count). The SMILES string of the molecule is Cc1ccc(C)c2c(C)c(C(=O)N(CCCN3CCOCC3)Cc3ccncc3)oc12. The molecule has 6 nitrogen and oxygen atoms in total. The highest BCUT2D eigenvalue weighted by Gasteiger charge is 2.25. The molecular weight excluding hydrogens is 390 g/mol. The molecule has 1 aromatic carbocycles. The van der Waals surface area contributed by atoms with Crippen molar-refractivity contribution >= 4 is 16.9 Å². The molecule has 0 saturated carbocycles. The fourth-order valence-electron chi connectivity index (χ4n) is 4.29. The van der Waals surface area contributed by atoms with Crippen molar-refractivity contribution < 1.29 is 13.9 Å². The fourth-order valence-corrected chi connectivity index (χ4v) is 4.29. The van der Waals surface area contributed by atoms with E-state index >= 15 is 0 Å². The maximum absolute atomic E-state index is 13.6. The molecule has 1 fully saturated rings. The van der Waals surface area contributed by atoms with Crippen molar-refractivity contribution in [2.45, 2.75) is 33.7 Å². The van der Waals surface area contributed by atoms with Crippen molar-refractivity contribution in [3.8, 4) is 0 Å². The van der Waals surface area contributed by atoms with Crippen LogP contribution in [0.4, 0.5) is 0 Å². The first-order valence-electron chi connectivity index (χ1n) is 11.0. The maximum atomic E-state index is 13.6. The summed E-state index contributed by atoms with van der Waals surface area (Å²) in [5, 5.41) is 1.06. The van der Waals surface area contributed by atoms with Gasteiger partial charge in [0.15, 0.2) is 5.76 Å². The molecule has 164 valence electrons. The predicted octanol–water partition coefficient (Wildman–Crippen LogP) is 4.12. The standard InChI is InChI=1S/C25H31N3O3/c1-18-5-6-19(2)23-22(18)20(3)24(31-23)25(29)28(17-21-7-9-26-10-8-21)12-4-11-27-13-15-30-16-14-27/h5-10H,4,11-17H2,1-3H3. The number of morpholine rings is 1. The average molecular weight is 422 g/mol. The van der Waals surface area contributed by atoms with Crippen LogP contribution in [-0.4, -0.2) is 60.1 Å². The Morgan fingerprint density at radius 3 is 2.48 bits per heavy atom. The van der Waals surface area contributed by atoms with Gasteiger partial charge in [0.05, 0.1) is 13.2 Å². The van der Waals surface area contributed by atoms with Gasteiger partial charge in [0.2, 0.25) is 0 Å². The average Bonchev–Trinajstić information content (AvgIpc) is 3.15. The molecule has 2 aromatic heterocycles. The third kappa shape index (κ3) is 4.81. The van der Waals surface area contributed by atoms with Gasteiger partial charge < -0.3 is 14.1 Å². The highest BCUT2D eigenvalue weighted by Crippen LogP contribution is 2.31. The summed E-state index contributed by atoms with van der Waals surface area (Å²) in [6.07, 6.45) is 4.45. The summed E-state index contributed by atoms with van der Waals surface area (Å²) in [4.78, 5) is 22.0. The van der Waals surface area contributed by atoms with Crippen LogP contribution in [-0.2, 0) is 11.3 Å². The number of pyridine rings is 1. The van der Waals surface area contributed by atoms with Crippen molar-refractivity contribution in [1.29, 1.82) is 0 Å². The van der Waals surface area contributed by atoms with E-state index in [0.717, 1.165) is 72.5 Å². The highest BCUT2D eigenvalue weighted by molar-refractivity contribution is 6.00. The van der Waals surface area contributed by atoms with Crippen LogP contribution in [0.1, 0.15) is 39.2 Å². The van der Waals surface area contributed by atoms with Gasteiger partial charge in [-0.25, -0.2) is 0 Å². The minimum Gasteiger partial charge on any atom is -0.450 e. The molecule has 3 aromatic rings. The van der Waals surface area contributed by atoms with E-state index in [4.69, 9.17) is 9.15 Å². The van der Waals surface area contributed by atoms with E-state index in [1.807, 2.05) is 36.9 Å². The Labute approximate surface area is 183 Å². The molecule has 0 atom stereocenters. The lowest BCUT2D eigenvalue weighted by atomic mass is 10.0. The minimum atomic E-state index is -0.0497. The van der Waals surface area contributed by atoms with Crippen LogP contribution in [0, 0.1) is 20.8 Å². The fraction of sp³-hybridized carbons (Fsp3) is 0.440. The van der Waals surface area contributed by atoms with Gasteiger partial charge in [-0.15, -0.1) is 0 Å². The Morgan fingerprint density at radius 1 is 1.06 bits per heavy atom. The number of carbonyl (C=O) groups excluding carboxylic acids is 1. The van der Waals surface area contributed by atoms with Gasteiger partial charge in [0.25, 0.3) is 5.91 Å². The topological polar surface area (TPSA) is 58.8 Å². The zero-order chi connectivity index (χ0) is 21.8. The van der Waals surface area contributed by atoms with Crippen LogP contribution in [0.2, 0.25) is 0 Å². The third-order valence-electron chi connectivity index (χ3n) is 6.09. The number of amides is 1. The molecule has 0 aliphatic carbocycles. The van der Waals surface area contributed by atoms with Gasteiger partial charge in [-0.1, -0.05) is 12.1 Å². The van der Waals surface area contributed by atoms with E-state index in [-0.39, 0.29) is 5.91 Å². The number of ether oxygens (including phenoxy) is 1. The zero-order valence-corrected chi connectivity index (χ0v) is 18.7. The molecule has 3 heterocycles. The zero-order valence-electron chi connectivity index (χ0n) is 18.7. The number of carbonyl (C=O) groups is 1. The highest BCUT2D eigenvalue weighted by atomic mass is 16.5. The lowest BCUT2D eigenvalue weighted by molar-refractivity contribution is 0.0354. The molecular formula is C25H31N3O3. The number of hydrogen-bond donors (Lipinski definition) is 0. The van der Waals surface area contributed by atoms with E-state index in [2.05, 4.69) is 22.9 Å². The van der Waals surface area contributed by atoms with Gasteiger partial charge in [0.1, 0.15) is 5.58 Å². The van der Waals surface area contributed by atoms with Gasteiger partial charge in [0, 0.05) is 56.1 Å². The molecule has 0 bridgehead atoms. The van der Waals surface area contributed by atoms with Gasteiger partial charge >= 0.3 is 0 Å².